The molecule has 1 aliphatic heterocycles. The van der Waals surface area contributed by atoms with Gasteiger partial charge in [-0.3, -0.25) is 14.5 Å². The summed E-state index contributed by atoms with van der Waals surface area (Å²) < 4.78 is 5.79. The number of amides is 1. The van der Waals surface area contributed by atoms with Gasteiger partial charge in [-0.2, -0.15) is 0 Å². The van der Waals surface area contributed by atoms with E-state index in [-0.39, 0.29) is 22.9 Å². The second-order valence-electron chi connectivity index (χ2n) is 10.8. The van der Waals surface area contributed by atoms with Crippen LogP contribution in [0, 0.1) is 0 Å². The molecule has 0 bridgehead atoms. The van der Waals surface area contributed by atoms with Crippen molar-refractivity contribution in [2.75, 3.05) is 4.90 Å². The number of hydrogen-bond donors (Lipinski definition) is 1. The Kier molecular flexibility index (Phi) is 7.26. The van der Waals surface area contributed by atoms with E-state index in [1.807, 2.05) is 62.4 Å². The van der Waals surface area contributed by atoms with Crippen molar-refractivity contribution in [3.8, 4) is 5.75 Å². The highest BCUT2D eigenvalue weighted by Crippen LogP contribution is 2.43. The first-order chi connectivity index (χ1) is 17.5. The van der Waals surface area contributed by atoms with Crippen LogP contribution in [0.3, 0.4) is 0 Å². The fourth-order valence-electron chi connectivity index (χ4n) is 4.62. The number of carbonyl (C=O) groups excluding carboxylic acids is 2. The molecule has 0 radical (unpaired) electrons. The Labute approximate surface area is 219 Å². The molecule has 1 heterocycles. The number of aliphatic hydroxyl groups is 1. The van der Waals surface area contributed by atoms with E-state index in [2.05, 4.69) is 27.7 Å². The predicted molar refractivity (Wildman–Crippen MR) is 148 cm³/mol. The molecule has 0 aromatic heterocycles. The van der Waals surface area contributed by atoms with E-state index in [4.69, 9.17) is 4.74 Å². The highest BCUT2D eigenvalue weighted by atomic mass is 16.5. The number of rotatable bonds is 6. The number of carbonyl (C=O) groups is 2. The third-order valence-electron chi connectivity index (χ3n) is 6.64. The molecule has 0 aliphatic carbocycles. The number of anilines is 1. The molecule has 192 valence electrons. The van der Waals surface area contributed by atoms with Gasteiger partial charge in [0.05, 0.1) is 17.7 Å². The van der Waals surface area contributed by atoms with Crippen LogP contribution in [0.15, 0.2) is 78.4 Å². The zero-order valence-corrected chi connectivity index (χ0v) is 22.4. The number of aryl methyl sites for hydroxylation is 1. The van der Waals surface area contributed by atoms with Crippen molar-refractivity contribution in [2.24, 2.45) is 0 Å². The summed E-state index contributed by atoms with van der Waals surface area (Å²) in [6, 6.07) is 21.8. The average molecular weight is 498 g/mol. The predicted octanol–water partition coefficient (Wildman–Crippen LogP) is 6.96. The van der Waals surface area contributed by atoms with Gasteiger partial charge in [-0.15, -0.1) is 0 Å². The van der Waals surface area contributed by atoms with Crippen molar-refractivity contribution in [1.82, 2.24) is 0 Å². The maximum absolute atomic E-state index is 13.5. The van der Waals surface area contributed by atoms with Crippen LogP contribution < -0.4 is 9.64 Å². The van der Waals surface area contributed by atoms with Gasteiger partial charge in [-0.25, -0.2) is 0 Å². The van der Waals surface area contributed by atoms with Crippen LogP contribution in [0.4, 0.5) is 5.69 Å². The maximum Gasteiger partial charge on any atom is 0.300 e. The summed E-state index contributed by atoms with van der Waals surface area (Å²) in [6.07, 6.45) is 0.827. The Bertz CT molecular complexity index is 1330. The molecule has 37 heavy (non-hydrogen) atoms. The molecule has 3 aromatic rings. The molecule has 1 unspecified atom stereocenters. The molecule has 0 spiro atoms. The van der Waals surface area contributed by atoms with Crippen LogP contribution in [-0.2, 0) is 21.4 Å². The van der Waals surface area contributed by atoms with Crippen molar-refractivity contribution in [2.45, 2.75) is 65.5 Å². The normalized spacial score (nSPS) is 17.5. The van der Waals surface area contributed by atoms with Gasteiger partial charge in [-0.05, 0) is 66.6 Å². The first-order valence-electron chi connectivity index (χ1n) is 12.8. The molecule has 4 rings (SSSR count). The molecular weight excluding hydrogens is 462 g/mol. The topological polar surface area (TPSA) is 66.8 Å². The minimum Gasteiger partial charge on any atom is -0.507 e. The lowest BCUT2D eigenvalue weighted by molar-refractivity contribution is -0.132. The molecule has 1 aliphatic rings. The molecule has 3 aromatic carbocycles. The molecule has 1 N–H and O–H groups in total. The van der Waals surface area contributed by atoms with Gasteiger partial charge in [0, 0.05) is 11.3 Å². The Morgan fingerprint density at radius 1 is 0.973 bits per heavy atom. The van der Waals surface area contributed by atoms with E-state index >= 15 is 0 Å². The van der Waals surface area contributed by atoms with Gasteiger partial charge in [0.1, 0.15) is 11.5 Å². The smallest absolute Gasteiger partial charge is 0.300 e. The van der Waals surface area contributed by atoms with E-state index in [1.165, 1.54) is 4.90 Å². The number of ether oxygens (including phenoxy) is 1. The van der Waals surface area contributed by atoms with Crippen molar-refractivity contribution in [3.63, 3.8) is 0 Å². The molecular formula is C32H35NO4. The molecule has 1 fully saturated rings. The summed E-state index contributed by atoms with van der Waals surface area (Å²) in [6.45, 7) is 12.3. The summed E-state index contributed by atoms with van der Waals surface area (Å²) in [7, 11) is 0. The van der Waals surface area contributed by atoms with Crippen LogP contribution in [0.1, 0.15) is 69.8 Å². The van der Waals surface area contributed by atoms with E-state index in [9.17, 15) is 14.7 Å². The Balaban J connectivity index is 1.88. The SMILES string of the molecule is CCc1ccc(C2/C(=C(\O)c3cccc(OC(C)C)c3)C(=O)C(=O)N2c2ccc(C(C)(C)C)cc2)cc1. The van der Waals surface area contributed by atoms with E-state index < -0.39 is 17.7 Å². The van der Waals surface area contributed by atoms with Crippen molar-refractivity contribution < 1.29 is 19.4 Å². The number of hydrogen-bond acceptors (Lipinski definition) is 4. The molecule has 0 saturated carbocycles. The third kappa shape index (κ3) is 5.31. The summed E-state index contributed by atoms with van der Waals surface area (Å²) in [5.41, 5.74) is 4.08. The largest absolute Gasteiger partial charge is 0.507 e. The molecule has 1 amide bonds. The first-order valence-corrected chi connectivity index (χ1v) is 12.8. The highest BCUT2D eigenvalue weighted by molar-refractivity contribution is 6.51. The van der Waals surface area contributed by atoms with Crippen LogP contribution in [0.5, 0.6) is 5.75 Å². The Morgan fingerprint density at radius 2 is 1.62 bits per heavy atom. The molecule has 1 saturated heterocycles. The summed E-state index contributed by atoms with van der Waals surface area (Å²) in [4.78, 5) is 28.4. The number of Topliss-reactive ketones (excluding diaryl/α,β-unsaturated/α-hetero) is 1. The van der Waals surface area contributed by atoms with Crippen LogP contribution in [0.25, 0.3) is 5.76 Å². The van der Waals surface area contributed by atoms with Crippen LogP contribution in [0.2, 0.25) is 0 Å². The zero-order chi connectivity index (χ0) is 26.9. The average Bonchev–Trinajstić information content (AvgIpc) is 3.13. The standard InChI is InChI=1S/C32H35NO4/c1-7-21-11-13-22(14-12-21)28-27(29(34)23-9-8-10-26(19-23)37-20(2)3)30(35)31(36)33(28)25-17-15-24(16-18-25)32(4,5)6/h8-20,28,34H,7H2,1-6H3/b29-27+. The first kappa shape index (κ1) is 26.2. The van der Waals surface area contributed by atoms with Gasteiger partial charge in [-0.1, -0.05) is 76.2 Å². The molecule has 5 nitrogen and oxygen atoms in total. The van der Waals surface area contributed by atoms with Crippen LogP contribution in [-0.4, -0.2) is 22.9 Å². The number of nitrogens with zero attached hydrogens (tertiary/aromatic N) is 1. The quantitative estimate of drug-likeness (QED) is 0.227. The summed E-state index contributed by atoms with van der Waals surface area (Å²) in [5.74, 6) is -1.01. The van der Waals surface area contributed by atoms with Crippen molar-refractivity contribution in [1.29, 1.82) is 0 Å². The zero-order valence-electron chi connectivity index (χ0n) is 22.4. The highest BCUT2D eigenvalue weighted by Gasteiger charge is 2.47. The lowest BCUT2D eigenvalue weighted by Gasteiger charge is -2.27. The monoisotopic (exact) mass is 497 g/mol. The van der Waals surface area contributed by atoms with Gasteiger partial charge in [0.2, 0.25) is 0 Å². The van der Waals surface area contributed by atoms with Gasteiger partial charge < -0.3 is 9.84 Å². The fourth-order valence-corrected chi connectivity index (χ4v) is 4.62. The van der Waals surface area contributed by atoms with Gasteiger partial charge >= 0.3 is 0 Å². The van der Waals surface area contributed by atoms with E-state index in [1.54, 1.807) is 24.3 Å². The minimum absolute atomic E-state index is 0.0453. The molecule has 1 atom stereocenters. The number of benzene rings is 3. The van der Waals surface area contributed by atoms with Gasteiger partial charge in [0.15, 0.2) is 0 Å². The Morgan fingerprint density at radius 3 is 2.19 bits per heavy atom. The summed E-state index contributed by atoms with van der Waals surface area (Å²) in [5, 5.41) is 11.4. The molecule has 5 heteroatoms. The van der Waals surface area contributed by atoms with Crippen molar-refractivity contribution >= 4 is 23.1 Å². The minimum atomic E-state index is -0.763. The third-order valence-corrected chi connectivity index (χ3v) is 6.64. The lowest BCUT2D eigenvalue weighted by atomic mass is 9.87. The summed E-state index contributed by atoms with van der Waals surface area (Å²) >= 11 is 0. The second kappa shape index (κ2) is 10.3. The fraction of sp³-hybridized carbons (Fsp3) is 0.312. The second-order valence-corrected chi connectivity index (χ2v) is 10.8. The number of ketones is 1. The van der Waals surface area contributed by atoms with Crippen molar-refractivity contribution in [3.05, 3.63) is 101 Å². The van der Waals surface area contributed by atoms with E-state index in [0.29, 0.717) is 17.0 Å². The number of aliphatic hydroxyl groups excluding tert-OH is 1. The Hall–Kier alpha value is -3.86. The van der Waals surface area contributed by atoms with E-state index in [0.717, 1.165) is 23.1 Å². The van der Waals surface area contributed by atoms with Gasteiger partial charge in [0.25, 0.3) is 11.7 Å². The van der Waals surface area contributed by atoms with Crippen LogP contribution >= 0.6 is 0 Å². The maximum atomic E-state index is 13.5. The lowest BCUT2D eigenvalue weighted by Crippen LogP contribution is -2.29.